The highest BCUT2D eigenvalue weighted by molar-refractivity contribution is 7.78. The third-order valence-corrected chi connectivity index (χ3v) is 5.62. The normalized spacial score (nSPS) is 13.4. The van der Waals surface area contributed by atoms with E-state index >= 15 is 0 Å². The lowest BCUT2D eigenvalue weighted by Gasteiger charge is -2.26. The predicted octanol–water partition coefficient (Wildman–Crippen LogP) is 5.38. The van der Waals surface area contributed by atoms with Crippen molar-refractivity contribution in [2.75, 3.05) is 23.4 Å². The van der Waals surface area contributed by atoms with Crippen molar-refractivity contribution in [3.8, 4) is 28.8 Å². The summed E-state index contributed by atoms with van der Waals surface area (Å²) in [5.74, 6) is 6.37. The van der Waals surface area contributed by atoms with E-state index in [1.807, 2.05) is 18.2 Å². The van der Waals surface area contributed by atoms with Crippen LogP contribution in [0.5, 0.6) is 5.88 Å². The maximum Gasteiger partial charge on any atom is 0.406 e. The zero-order chi connectivity index (χ0) is 28.9. The highest BCUT2D eigenvalue weighted by Crippen LogP contribution is 2.35. The zero-order valence-corrected chi connectivity index (χ0v) is 22.4. The molecule has 5 rings (SSSR count). The second kappa shape index (κ2) is 12.3. The molecule has 1 fully saturated rings. The number of ether oxygens (including phenoxy) is 1. The van der Waals surface area contributed by atoms with E-state index in [1.54, 1.807) is 37.3 Å². The van der Waals surface area contributed by atoms with Crippen LogP contribution < -0.4 is 15.4 Å². The summed E-state index contributed by atoms with van der Waals surface area (Å²) in [5.41, 5.74) is 9.83. The van der Waals surface area contributed by atoms with Crippen molar-refractivity contribution in [2.24, 2.45) is 0 Å². The summed E-state index contributed by atoms with van der Waals surface area (Å²) in [6, 6.07) is 14.0. The molecule has 0 spiro atoms. The summed E-state index contributed by atoms with van der Waals surface area (Å²) >= 11 is -1.86. The van der Waals surface area contributed by atoms with Gasteiger partial charge in [-0.2, -0.15) is 13.2 Å². The van der Waals surface area contributed by atoms with Gasteiger partial charge in [0.05, 0.1) is 34.7 Å². The minimum absolute atomic E-state index is 0.0954. The number of rotatable bonds is 6. The first-order chi connectivity index (χ1) is 19.0. The molecule has 1 unspecified atom stereocenters. The second-order valence-corrected chi connectivity index (χ2v) is 9.69. The van der Waals surface area contributed by atoms with Gasteiger partial charge in [0.1, 0.15) is 18.5 Å². The molecule has 0 amide bonds. The van der Waals surface area contributed by atoms with Crippen LogP contribution in [0.2, 0.25) is 0 Å². The Hall–Kier alpha value is -4.21. The molecule has 1 aliphatic rings. The fraction of sp³-hybridized carbons (Fsp3) is 0.250. The van der Waals surface area contributed by atoms with Crippen molar-refractivity contribution in [1.82, 2.24) is 15.0 Å². The Kier molecular flexibility index (Phi) is 8.86. The van der Waals surface area contributed by atoms with Crippen LogP contribution in [0, 0.1) is 11.8 Å². The van der Waals surface area contributed by atoms with Gasteiger partial charge in [0, 0.05) is 5.69 Å². The van der Waals surface area contributed by atoms with Gasteiger partial charge in [-0.1, -0.05) is 35.2 Å². The molecule has 0 radical (unpaired) electrons. The SMILES string of the molecule is CC#Cc1cc(N(CC(F)(F)F)c2ccc(-c3ccc4nc(N)cnc4c3)cc2)cnc1OC1CC1.CS(=O)[O-]. The molecule has 1 atom stereocenters. The molecule has 1 saturated carbocycles. The Balaban J connectivity index is 0.000000867. The molecular formula is C28H25F3N5O3S-. The molecule has 4 aromatic rings. The van der Waals surface area contributed by atoms with Gasteiger partial charge >= 0.3 is 6.18 Å². The Morgan fingerprint density at radius 1 is 1.05 bits per heavy atom. The molecule has 0 bridgehead atoms. The minimum atomic E-state index is -4.43. The lowest BCUT2D eigenvalue weighted by Crippen LogP contribution is -2.30. The van der Waals surface area contributed by atoms with Crippen LogP contribution in [0.4, 0.5) is 30.4 Å². The molecule has 2 aromatic carbocycles. The number of hydrogen-bond acceptors (Lipinski definition) is 8. The molecular weight excluding hydrogens is 543 g/mol. The smallest absolute Gasteiger partial charge is 0.406 e. The number of alkyl halides is 3. The van der Waals surface area contributed by atoms with E-state index in [2.05, 4.69) is 26.8 Å². The number of halogens is 3. The molecule has 0 saturated heterocycles. The van der Waals surface area contributed by atoms with Crippen LogP contribution in [0.15, 0.2) is 60.9 Å². The van der Waals surface area contributed by atoms with E-state index in [4.69, 9.17) is 19.2 Å². The maximum atomic E-state index is 13.6. The molecule has 2 N–H and O–H groups in total. The van der Waals surface area contributed by atoms with Crippen molar-refractivity contribution in [3.63, 3.8) is 0 Å². The molecule has 1 aliphatic carbocycles. The van der Waals surface area contributed by atoms with Gasteiger partial charge < -0.3 is 19.9 Å². The third-order valence-electron chi connectivity index (χ3n) is 5.62. The van der Waals surface area contributed by atoms with Crippen molar-refractivity contribution in [2.45, 2.75) is 32.0 Å². The largest absolute Gasteiger partial charge is 0.773 e. The quantitative estimate of drug-likeness (QED) is 0.243. The van der Waals surface area contributed by atoms with Crippen LogP contribution in [-0.2, 0) is 11.1 Å². The van der Waals surface area contributed by atoms with E-state index in [0.29, 0.717) is 34.0 Å². The van der Waals surface area contributed by atoms with Crippen molar-refractivity contribution < 1.29 is 26.7 Å². The van der Waals surface area contributed by atoms with Gasteiger partial charge in [-0.25, -0.2) is 9.97 Å². The fourth-order valence-electron chi connectivity index (χ4n) is 3.80. The van der Waals surface area contributed by atoms with Gasteiger partial charge in [0.15, 0.2) is 0 Å². The highest BCUT2D eigenvalue weighted by Gasteiger charge is 2.32. The molecule has 208 valence electrons. The minimum Gasteiger partial charge on any atom is -0.773 e. The molecule has 8 nitrogen and oxygen atoms in total. The van der Waals surface area contributed by atoms with Crippen molar-refractivity contribution in [3.05, 3.63) is 66.5 Å². The van der Waals surface area contributed by atoms with Gasteiger partial charge in [-0.3, -0.25) is 9.19 Å². The fourth-order valence-corrected chi connectivity index (χ4v) is 3.80. The molecule has 2 aromatic heterocycles. The number of pyridine rings is 1. The summed E-state index contributed by atoms with van der Waals surface area (Å²) in [6.07, 6.45) is 1.50. The van der Waals surface area contributed by atoms with E-state index in [1.165, 1.54) is 17.3 Å². The third kappa shape index (κ3) is 7.91. The summed E-state index contributed by atoms with van der Waals surface area (Å²) in [6.45, 7) is 0.482. The number of fused-ring (bicyclic) bond motifs is 1. The molecule has 12 heteroatoms. The predicted molar refractivity (Wildman–Crippen MR) is 148 cm³/mol. The number of nitrogens with two attached hydrogens (primary N) is 1. The Labute approximate surface area is 231 Å². The Morgan fingerprint density at radius 3 is 2.35 bits per heavy atom. The Bertz CT molecular complexity index is 1580. The number of benzene rings is 2. The van der Waals surface area contributed by atoms with Crippen LogP contribution >= 0.6 is 0 Å². The second-order valence-electron chi connectivity index (χ2n) is 8.89. The first-order valence-corrected chi connectivity index (χ1v) is 13.6. The number of aromatic nitrogens is 3. The van der Waals surface area contributed by atoms with E-state index < -0.39 is 23.8 Å². The van der Waals surface area contributed by atoms with E-state index in [-0.39, 0.29) is 11.8 Å². The number of nitrogen functional groups attached to an aromatic ring is 1. The zero-order valence-electron chi connectivity index (χ0n) is 21.6. The summed E-state index contributed by atoms with van der Waals surface area (Å²) in [7, 11) is 0. The monoisotopic (exact) mass is 568 g/mol. The lowest BCUT2D eigenvalue weighted by molar-refractivity contribution is -0.118. The lowest BCUT2D eigenvalue weighted by atomic mass is 10.0. The van der Waals surface area contributed by atoms with Crippen LogP contribution in [0.25, 0.3) is 22.2 Å². The van der Waals surface area contributed by atoms with Gasteiger partial charge in [-0.05, 0) is 67.5 Å². The first-order valence-electron chi connectivity index (χ1n) is 12.1. The van der Waals surface area contributed by atoms with Crippen LogP contribution in [0.3, 0.4) is 0 Å². The molecule has 2 heterocycles. The standard InChI is InChI=1S/C27H22F3N5O.CH4O2S/c1-2-3-19-12-21(14-33-26(19)36-22-9-10-22)35(16-27(28,29)30)20-7-4-17(5-8-20)18-6-11-23-24(13-18)32-15-25(31)34-23;1-4(2)3/h4-8,11-15,22H,9-10,16H2,1H3,(H2,31,34);1H3,(H,2,3)/p-1. The Morgan fingerprint density at radius 2 is 1.73 bits per heavy atom. The number of nitrogens with zero attached hydrogens (tertiary/aromatic N) is 4. The summed E-state index contributed by atoms with van der Waals surface area (Å²) in [4.78, 5) is 14.0. The molecule has 0 aliphatic heterocycles. The van der Waals surface area contributed by atoms with Gasteiger partial charge in [0.2, 0.25) is 5.88 Å². The first kappa shape index (κ1) is 28.8. The molecule has 40 heavy (non-hydrogen) atoms. The van der Waals surface area contributed by atoms with E-state index in [0.717, 1.165) is 30.2 Å². The average Bonchev–Trinajstić information content (AvgIpc) is 3.72. The van der Waals surface area contributed by atoms with Crippen molar-refractivity contribution in [1.29, 1.82) is 0 Å². The van der Waals surface area contributed by atoms with Crippen LogP contribution in [0.1, 0.15) is 25.3 Å². The highest BCUT2D eigenvalue weighted by atomic mass is 32.2. The van der Waals surface area contributed by atoms with Crippen LogP contribution in [-0.4, -0.2) is 48.8 Å². The summed E-state index contributed by atoms with van der Waals surface area (Å²) in [5, 5.41) is 0. The van der Waals surface area contributed by atoms with Crippen molar-refractivity contribution >= 4 is 39.3 Å². The maximum absolute atomic E-state index is 13.6. The van der Waals surface area contributed by atoms with Gasteiger partial charge in [-0.15, -0.1) is 5.92 Å². The topological polar surface area (TPSA) is 117 Å². The number of anilines is 3. The van der Waals surface area contributed by atoms with Gasteiger partial charge in [0.25, 0.3) is 0 Å². The van der Waals surface area contributed by atoms with E-state index in [9.17, 15) is 13.2 Å². The summed E-state index contributed by atoms with van der Waals surface area (Å²) < 4.78 is 64.5. The average molecular weight is 569 g/mol. The number of hydrogen-bond donors (Lipinski definition) is 1.